The molecule has 0 amide bonds. The highest BCUT2D eigenvalue weighted by atomic mass is 79.9. The molecular formula is C12H12BrCl2NO2S. The van der Waals surface area contributed by atoms with Crippen LogP contribution < -0.4 is 4.72 Å². The van der Waals surface area contributed by atoms with Crippen molar-refractivity contribution in [1.82, 2.24) is 4.72 Å². The lowest BCUT2D eigenvalue weighted by atomic mass is 10.2. The molecule has 1 aromatic carbocycles. The van der Waals surface area contributed by atoms with Gasteiger partial charge in [-0.15, -0.1) is 12.3 Å². The number of sulfonamides is 1. The van der Waals surface area contributed by atoms with Gasteiger partial charge in [0.25, 0.3) is 0 Å². The summed E-state index contributed by atoms with van der Waals surface area (Å²) >= 11 is 15.1. The molecule has 0 aromatic heterocycles. The van der Waals surface area contributed by atoms with Crippen molar-refractivity contribution < 1.29 is 8.42 Å². The highest BCUT2D eigenvalue weighted by Crippen LogP contribution is 2.32. The zero-order valence-electron chi connectivity index (χ0n) is 10.1. The Morgan fingerprint density at radius 3 is 2.37 bits per heavy atom. The molecule has 0 heterocycles. The molecule has 0 radical (unpaired) electrons. The third-order valence-corrected chi connectivity index (χ3v) is 5.31. The van der Waals surface area contributed by atoms with E-state index in [1.165, 1.54) is 12.1 Å². The number of halogens is 3. The van der Waals surface area contributed by atoms with E-state index in [0.717, 1.165) is 0 Å². The van der Waals surface area contributed by atoms with Crippen LogP contribution in [0.2, 0.25) is 10.0 Å². The van der Waals surface area contributed by atoms with Crippen molar-refractivity contribution in [1.29, 1.82) is 0 Å². The molecule has 1 rings (SSSR count). The van der Waals surface area contributed by atoms with Crippen molar-refractivity contribution >= 4 is 49.2 Å². The van der Waals surface area contributed by atoms with Crippen molar-refractivity contribution in [2.24, 2.45) is 0 Å². The van der Waals surface area contributed by atoms with Crippen molar-refractivity contribution in [3.05, 3.63) is 26.7 Å². The molecule has 1 N–H and O–H groups in total. The van der Waals surface area contributed by atoms with Crippen LogP contribution in [0.4, 0.5) is 0 Å². The Bertz CT molecular complexity index is 588. The number of hydrogen-bond acceptors (Lipinski definition) is 2. The average molecular weight is 385 g/mol. The predicted molar refractivity (Wildman–Crippen MR) is 82.0 cm³/mol. The minimum atomic E-state index is -3.80. The first-order chi connectivity index (χ1) is 8.81. The summed E-state index contributed by atoms with van der Waals surface area (Å²) in [5.41, 5.74) is 0. The van der Waals surface area contributed by atoms with Gasteiger partial charge >= 0.3 is 0 Å². The Morgan fingerprint density at radius 2 is 1.95 bits per heavy atom. The zero-order chi connectivity index (χ0) is 14.6. The van der Waals surface area contributed by atoms with Crippen molar-refractivity contribution in [3.8, 4) is 12.3 Å². The summed E-state index contributed by atoms with van der Waals surface area (Å²) in [4.78, 5) is -0.130. The molecule has 0 fully saturated rings. The van der Waals surface area contributed by atoms with E-state index < -0.39 is 10.0 Å². The molecule has 0 saturated carbocycles. The number of hydrogen-bond donors (Lipinski definition) is 1. The van der Waals surface area contributed by atoms with E-state index in [2.05, 4.69) is 26.6 Å². The third-order valence-electron chi connectivity index (χ3n) is 2.41. The van der Waals surface area contributed by atoms with Gasteiger partial charge in [-0.05, 0) is 18.6 Å². The molecule has 0 aliphatic heterocycles. The van der Waals surface area contributed by atoms with Gasteiger partial charge in [-0.25, -0.2) is 13.1 Å². The van der Waals surface area contributed by atoms with Crippen LogP contribution in [-0.2, 0) is 10.0 Å². The van der Waals surface area contributed by atoms with Gasteiger partial charge in [0.1, 0.15) is 4.90 Å². The van der Waals surface area contributed by atoms with Gasteiger partial charge in [-0.3, -0.25) is 0 Å². The van der Waals surface area contributed by atoms with Gasteiger partial charge in [0.2, 0.25) is 10.0 Å². The second-order valence-electron chi connectivity index (χ2n) is 3.83. The molecule has 1 atom stereocenters. The second kappa shape index (κ2) is 6.96. The summed E-state index contributed by atoms with van der Waals surface area (Å²) in [6, 6.07) is 2.61. The molecule has 3 nitrogen and oxygen atoms in total. The summed E-state index contributed by atoms with van der Waals surface area (Å²) in [6.07, 6.45) is 6.08. The van der Waals surface area contributed by atoms with Crippen LogP contribution in [0.25, 0.3) is 0 Å². The SMILES string of the molecule is C#CCC(CC)NS(=O)(=O)c1c(Cl)cc(Br)cc1Cl. The fourth-order valence-corrected chi connectivity index (χ4v) is 4.73. The molecule has 1 unspecified atom stereocenters. The number of rotatable bonds is 5. The maximum atomic E-state index is 12.3. The van der Waals surface area contributed by atoms with Gasteiger partial charge in [-0.1, -0.05) is 46.1 Å². The van der Waals surface area contributed by atoms with E-state index in [4.69, 9.17) is 29.6 Å². The molecule has 104 valence electrons. The molecule has 0 bridgehead atoms. The van der Waals surface area contributed by atoms with E-state index in [0.29, 0.717) is 17.3 Å². The molecule has 19 heavy (non-hydrogen) atoms. The summed E-state index contributed by atoms with van der Waals surface area (Å²) in [5, 5.41) is 0.116. The average Bonchev–Trinajstić information content (AvgIpc) is 2.25. The molecular weight excluding hydrogens is 373 g/mol. The number of terminal acetylenes is 1. The van der Waals surface area contributed by atoms with Gasteiger partial charge < -0.3 is 0 Å². The standard InChI is InChI=1S/C12H12BrCl2NO2S/c1-3-5-9(4-2)16-19(17,18)12-10(14)6-8(13)7-11(12)15/h1,6-7,9,16H,4-5H2,2H3. The lowest BCUT2D eigenvalue weighted by molar-refractivity contribution is 0.544. The summed E-state index contributed by atoms with van der Waals surface area (Å²) in [6.45, 7) is 1.84. The van der Waals surface area contributed by atoms with Crippen LogP contribution in [0.1, 0.15) is 19.8 Å². The van der Waals surface area contributed by atoms with Crippen LogP contribution >= 0.6 is 39.1 Å². The first-order valence-electron chi connectivity index (χ1n) is 5.42. The van der Waals surface area contributed by atoms with Crippen molar-refractivity contribution in [2.45, 2.75) is 30.7 Å². The highest BCUT2D eigenvalue weighted by molar-refractivity contribution is 9.10. The molecule has 0 saturated heterocycles. The van der Waals surface area contributed by atoms with Gasteiger partial charge in [0.05, 0.1) is 10.0 Å². The van der Waals surface area contributed by atoms with Crippen LogP contribution in [0.15, 0.2) is 21.5 Å². The molecule has 0 aliphatic carbocycles. The second-order valence-corrected chi connectivity index (χ2v) is 7.21. The maximum absolute atomic E-state index is 12.3. The Labute approximate surface area is 131 Å². The summed E-state index contributed by atoms with van der Waals surface area (Å²) < 4.78 is 27.6. The van der Waals surface area contributed by atoms with Crippen molar-refractivity contribution in [2.75, 3.05) is 0 Å². The van der Waals surface area contributed by atoms with Crippen molar-refractivity contribution in [3.63, 3.8) is 0 Å². The molecule has 1 aromatic rings. The number of nitrogens with one attached hydrogen (secondary N) is 1. The molecule has 0 aliphatic rings. The number of benzene rings is 1. The smallest absolute Gasteiger partial charge is 0.207 e. The topological polar surface area (TPSA) is 46.2 Å². The molecule has 7 heteroatoms. The maximum Gasteiger partial charge on any atom is 0.243 e. The minimum absolute atomic E-state index is 0.0578. The summed E-state index contributed by atoms with van der Waals surface area (Å²) in [5.74, 6) is 2.43. The lowest BCUT2D eigenvalue weighted by Crippen LogP contribution is -2.34. The monoisotopic (exact) mass is 383 g/mol. The van der Waals surface area contributed by atoms with Gasteiger partial charge in [-0.2, -0.15) is 0 Å². The zero-order valence-corrected chi connectivity index (χ0v) is 14.0. The molecule has 0 spiro atoms. The minimum Gasteiger partial charge on any atom is -0.207 e. The fourth-order valence-electron chi connectivity index (χ4n) is 1.48. The van der Waals surface area contributed by atoms with Crippen LogP contribution in [0.3, 0.4) is 0 Å². The van der Waals surface area contributed by atoms with Gasteiger partial charge in [0, 0.05) is 16.9 Å². The Morgan fingerprint density at radius 1 is 1.42 bits per heavy atom. The Balaban J connectivity index is 3.18. The van der Waals surface area contributed by atoms with Gasteiger partial charge in [0.15, 0.2) is 0 Å². The quantitative estimate of drug-likeness (QED) is 0.784. The highest BCUT2D eigenvalue weighted by Gasteiger charge is 2.24. The first-order valence-corrected chi connectivity index (χ1v) is 8.45. The Kier molecular flexibility index (Phi) is 6.15. The largest absolute Gasteiger partial charge is 0.243 e. The van der Waals surface area contributed by atoms with E-state index >= 15 is 0 Å². The van der Waals surface area contributed by atoms with Crippen LogP contribution in [0, 0.1) is 12.3 Å². The normalized spacial score (nSPS) is 13.0. The van der Waals surface area contributed by atoms with E-state index in [1.54, 1.807) is 0 Å². The van der Waals surface area contributed by atoms with E-state index in [-0.39, 0.29) is 21.0 Å². The third kappa shape index (κ3) is 4.37. The predicted octanol–water partition coefficient (Wildman–Crippen LogP) is 3.84. The fraction of sp³-hybridized carbons (Fsp3) is 0.333. The first kappa shape index (κ1) is 16.8. The van der Waals surface area contributed by atoms with Crippen LogP contribution in [-0.4, -0.2) is 14.5 Å². The van der Waals surface area contributed by atoms with Crippen LogP contribution in [0.5, 0.6) is 0 Å². The lowest BCUT2D eigenvalue weighted by Gasteiger charge is -2.16. The Hall–Kier alpha value is -0.250. The summed E-state index contributed by atoms with van der Waals surface area (Å²) in [7, 11) is -3.80. The van der Waals surface area contributed by atoms with E-state index in [1.807, 2.05) is 6.92 Å². The van der Waals surface area contributed by atoms with E-state index in [9.17, 15) is 8.42 Å².